The predicted octanol–water partition coefficient (Wildman–Crippen LogP) is 4.48. The third-order valence-electron chi connectivity index (χ3n) is 5.16. The van der Waals surface area contributed by atoms with Gasteiger partial charge in [0, 0.05) is 17.9 Å². The summed E-state index contributed by atoms with van der Waals surface area (Å²) in [6, 6.07) is 11.4. The maximum Gasteiger partial charge on any atom is 0.338 e. The lowest BCUT2D eigenvalue weighted by molar-refractivity contribution is 0.0526. The standard InChI is InChI=1S/C23H22FN5O4S/c1-2-33-22(31)14-8-10-16(11-9-14)26-23(32)29-12-4-7-18(29)20-27-28-21(34-20)19(30)25-17-6-3-5-15(24)13-17/h3,5-6,8-11,13,18H,2,4,7,12H2,1H3,(H,25,30)(H,26,32)/t18-/m0/s1. The van der Waals surface area contributed by atoms with Crippen molar-refractivity contribution >= 4 is 40.6 Å². The highest BCUT2D eigenvalue weighted by Crippen LogP contribution is 2.34. The van der Waals surface area contributed by atoms with Crippen LogP contribution in [0.15, 0.2) is 48.5 Å². The van der Waals surface area contributed by atoms with Gasteiger partial charge in [-0.15, -0.1) is 10.2 Å². The van der Waals surface area contributed by atoms with Crippen LogP contribution >= 0.6 is 11.3 Å². The van der Waals surface area contributed by atoms with Crippen LogP contribution in [0.3, 0.4) is 0 Å². The number of esters is 1. The van der Waals surface area contributed by atoms with Crippen LogP contribution in [-0.4, -0.2) is 46.2 Å². The Hall–Kier alpha value is -3.86. The van der Waals surface area contributed by atoms with Gasteiger partial charge >= 0.3 is 12.0 Å². The Bertz CT molecular complexity index is 1200. The van der Waals surface area contributed by atoms with Crippen LogP contribution < -0.4 is 10.6 Å². The summed E-state index contributed by atoms with van der Waals surface area (Å²) in [7, 11) is 0. The first-order valence-electron chi connectivity index (χ1n) is 10.7. The second-order valence-corrected chi connectivity index (χ2v) is 8.50. The molecule has 0 saturated carbocycles. The summed E-state index contributed by atoms with van der Waals surface area (Å²) >= 11 is 1.10. The molecule has 2 N–H and O–H groups in total. The topological polar surface area (TPSA) is 114 Å². The van der Waals surface area contributed by atoms with Crippen molar-refractivity contribution in [2.45, 2.75) is 25.8 Å². The Kier molecular flexibility index (Phi) is 7.12. The van der Waals surface area contributed by atoms with Crippen molar-refractivity contribution in [2.75, 3.05) is 23.8 Å². The zero-order valence-corrected chi connectivity index (χ0v) is 19.1. The average molecular weight is 484 g/mol. The summed E-state index contributed by atoms with van der Waals surface area (Å²) in [4.78, 5) is 38.8. The number of urea groups is 1. The average Bonchev–Trinajstić information content (AvgIpc) is 3.49. The van der Waals surface area contributed by atoms with E-state index in [-0.39, 0.29) is 23.7 Å². The van der Waals surface area contributed by atoms with Gasteiger partial charge in [0.2, 0.25) is 5.01 Å². The Morgan fingerprint density at radius 1 is 1.12 bits per heavy atom. The van der Waals surface area contributed by atoms with Crippen LogP contribution in [0.2, 0.25) is 0 Å². The third-order valence-corrected chi connectivity index (χ3v) is 6.19. The number of benzene rings is 2. The van der Waals surface area contributed by atoms with Crippen LogP contribution in [0.4, 0.5) is 20.6 Å². The summed E-state index contributed by atoms with van der Waals surface area (Å²) in [5, 5.41) is 14.2. The molecule has 1 aliphatic rings. The Morgan fingerprint density at radius 2 is 1.91 bits per heavy atom. The first kappa shape index (κ1) is 23.3. The molecule has 3 aromatic rings. The van der Waals surface area contributed by atoms with Crippen LogP contribution in [0.5, 0.6) is 0 Å². The molecular weight excluding hydrogens is 461 g/mol. The van der Waals surface area contributed by atoms with E-state index in [2.05, 4.69) is 20.8 Å². The number of aromatic nitrogens is 2. The molecule has 1 aliphatic heterocycles. The van der Waals surface area contributed by atoms with E-state index in [1.54, 1.807) is 42.2 Å². The number of ether oxygens (including phenoxy) is 1. The molecule has 9 nitrogen and oxygen atoms in total. The third kappa shape index (κ3) is 5.37. The molecule has 1 aromatic heterocycles. The smallest absolute Gasteiger partial charge is 0.338 e. The largest absolute Gasteiger partial charge is 0.462 e. The molecule has 1 fully saturated rings. The summed E-state index contributed by atoms with van der Waals surface area (Å²) in [5.74, 6) is -1.38. The number of halogens is 1. The maximum atomic E-state index is 13.3. The van der Waals surface area contributed by atoms with Crippen molar-refractivity contribution < 1.29 is 23.5 Å². The molecule has 2 aromatic carbocycles. The molecule has 0 spiro atoms. The molecule has 1 saturated heterocycles. The fourth-order valence-corrected chi connectivity index (χ4v) is 4.46. The van der Waals surface area contributed by atoms with Crippen LogP contribution in [0.1, 0.15) is 51.0 Å². The van der Waals surface area contributed by atoms with Gasteiger partial charge in [0.15, 0.2) is 0 Å². The quantitative estimate of drug-likeness (QED) is 0.500. The lowest BCUT2D eigenvalue weighted by Gasteiger charge is -2.23. The molecule has 2 heterocycles. The van der Waals surface area contributed by atoms with E-state index in [9.17, 15) is 18.8 Å². The molecular formula is C23H22FN5O4S. The molecule has 1 atom stereocenters. The van der Waals surface area contributed by atoms with Crippen molar-refractivity contribution in [1.29, 1.82) is 0 Å². The van der Waals surface area contributed by atoms with Crippen molar-refractivity contribution in [3.8, 4) is 0 Å². The lowest BCUT2D eigenvalue weighted by atomic mass is 10.2. The Morgan fingerprint density at radius 3 is 2.65 bits per heavy atom. The minimum absolute atomic E-state index is 0.126. The summed E-state index contributed by atoms with van der Waals surface area (Å²) in [5.41, 5.74) is 1.26. The van der Waals surface area contributed by atoms with Crippen molar-refractivity contribution in [2.24, 2.45) is 0 Å². The molecule has 0 bridgehead atoms. The molecule has 3 amide bonds. The summed E-state index contributed by atoms with van der Waals surface area (Å²) < 4.78 is 18.3. The second-order valence-electron chi connectivity index (χ2n) is 7.49. The number of rotatable bonds is 6. The molecule has 4 rings (SSSR count). The van der Waals surface area contributed by atoms with E-state index < -0.39 is 17.7 Å². The van der Waals surface area contributed by atoms with E-state index in [0.29, 0.717) is 34.9 Å². The first-order chi connectivity index (χ1) is 16.4. The molecule has 34 heavy (non-hydrogen) atoms. The fraction of sp³-hybridized carbons (Fsp3) is 0.261. The highest BCUT2D eigenvalue weighted by Gasteiger charge is 2.33. The normalized spacial score (nSPS) is 15.1. The van der Waals surface area contributed by atoms with Gasteiger partial charge in [-0.1, -0.05) is 17.4 Å². The minimum Gasteiger partial charge on any atom is -0.462 e. The van der Waals surface area contributed by atoms with E-state index in [4.69, 9.17) is 4.74 Å². The number of hydrogen-bond donors (Lipinski definition) is 2. The SMILES string of the molecule is CCOC(=O)c1ccc(NC(=O)N2CCC[C@H]2c2nnc(C(=O)Nc3cccc(F)c3)s2)cc1. The van der Waals surface area contributed by atoms with Crippen LogP contribution in [-0.2, 0) is 4.74 Å². The van der Waals surface area contributed by atoms with E-state index >= 15 is 0 Å². The highest BCUT2D eigenvalue weighted by atomic mass is 32.1. The number of amides is 3. The van der Waals surface area contributed by atoms with Crippen molar-refractivity contribution in [1.82, 2.24) is 15.1 Å². The van der Waals surface area contributed by atoms with Gasteiger partial charge in [0.1, 0.15) is 10.8 Å². The van der Waals surface area contributed by atoms with Gasteiger partial charge in [-0.05, 0) is 62.2 Å². The lowest BCUT2D eigenvalue weighted by Crippen LogP contribution is -2.34. The molecule has 176 valence electrons. The molecule has 0 unspecified atom stereocenters. The van der Waals surface area contributed by atoms with Gasteiger partial charge in [0.25, 0.3) is 5.91 Å². The highest BCUT2D eigenvalue weighted by molar-refractivity contribution is 7.13. The Labute approximate surface area is 198 Å². The number of nitrogens with one attached hydrogen (secondary N) is 2. The zero-order chi connectivity index (χ0) is 24.1. The van der Waals surface area contributed by atoms with Crippen molar-refractivity contribution in [3.63, 3.8) is 0 Å². The number of anilines is 2. The van der Waals surface area contributed by atoms with E-state index in [0.717, 1.165) is 17.8 Å². The maximum absolute atomic E-state index is 13.3. The van der Waals surface area contributed by atoms with Crippen LogP contribution in [0, 0.1) is 5.82 Å². The van der Waals surface area contributed by atoms with Crippen LogP contribution in [0.25, 0.3) is 0 Å². The molecule has 0 radical (unpaired) electrons. The van der Waals surface area contributed by atoms with E-state index in [1.165, 1.54) is 18.2 Å². The van der Waals surface area contributed by atoms with Crippen molar-refractivity contribution in [3.05, 3.63) is 69.9 Å². The number of carbonyl (C=O) groups excluding carboxylic acids is 3. The first-order valence-corrected chi connectivity index (χ1v) is 11.5. The van der Waals surface area contributed by atoms with Gasteiger partial charge in [-0.3, -0.25) is 4.79 Å². The van der Waals surface area contributed by atoms with Gasteiger partial charge in [-0.2, -0.15) is 0 Å². The molecule has 0 aliphatic carbocycles. The van der Waals surface area contributed by atoms with E-state index in [1.807, 2.05) is 0 Å². The predicted molar refractivity (Wildman–Crippen MR) is 124 cm³/mol. The summed E-state index contributed by atoms with van der Waals surface area (Å²) in [6.07, 6.45) is 1.47. The van der Waals surface area contributed by atoms with Gasteiger partial charge < -0.3 is 20.3 Å². The minimum atomic E-state index is -0.495. The second kappa shape index (κ2) is 10.4. The Balaban J connectivity index is 1.40. The fourth-order valence-electron chi connectivity index (χ4n) is 3.58. The van der Waals surface area contributed by atoms with Gasteiger partial charge in [-0.25, -0.2) is 14.0 Å². The monoisotopic (exact) mass is 483 g/mol. The van der Waals surface area contributed by atoms with Gasteiger partial charge in [0.05, 0.1) is 18.2 Å². The number of hydrogen-bond acceptors (Lipinski definition) is 7. The summed E-state index contributed by atoms with van der Waals surface area (Å²) in [6.45, 7) is 2.55. The zero-order valence-electron chi connectivity index (χ0n) is 18.3. The number of likely N-dealkylation sites (tertiary alicyclic amines) is 1. The number of nitrogens with zero attached hydrogens (tertiary/aromatic N) is 3. The molecule has 11 heteroatoms. The number of carbonyl (C=O) groups is 3.